The zero-order chi connectivity index (χ0) is 33.7. The van der Waals surface area contributed by atoms with E-state index < -0.39 is 73.8 Å². The number of rotatable bonds is 29. The Bertz CT molecular complexity index is 763. The number of carboxylic acids is 4. The smallest absolute Gasteiger partial charge is 0.317 e. The fourth-order valence-corrected chi connectivity index (χ4v) is 4.33. The molecule has 0 aromatic carbocycles. The van der Waals surface area contributed by atoms with E-state index >= 15 is 0 Å². The van der Waals surface area contributed by atoms with E-state index in [4.69, 9.17) is 34.6 Å². The van der Waals surface area contributed by atoms with Crippen molar-refractivity contribution < 1.29 is 69.1 Å². The van der Waals surface area contributed by atoms with Crippen LogP contribution in [0.15, 0.2) is 0 Å². The van der Waals surface area contributed by atoms with Gasteiger partial charge in [0, 0.05) is 25.0 Å². The summed E-state index contributed by atoms with van der Waals surface area (Å²) in [5.74, 6) is -5.01. The van der Waals surface area contributed by atoms with Gasteiger partial charge in [0.25, 0.3) is 0 Å². The van der Waals surface area contributed by atoms with Gasteiger partial charge in [-0.05, 0) is 19.5 Å². The Morgan fingerprint density at radius 3 is 1.05 bits per heavy atom. The molecule has 0 aromatic heterocycles. The first kappa shape index (κ1) is 41.5. The van der Waals surface area contributed by atoms with Crippen molar-refractivity contribution in [1.82, 2.24) is 14.7 Å². The van der Waals surface area contributed by atoms with Gasteiger partial charge in [0.2, 0.25) is 0 Å². The summed E-state index contributed by atoms with van der Waals surface area (Å²) < 4.78 is 17.3. The van der Waals surface area contributed by atoms with Crippen LogP contribution in [0.2, 0.25) is 0 Å². The van der Waals surface area contributed by atoms with Gasteiger partial charge < -0.3 is 54.9 Å². The molecule has 0 aliphatic rings. The lowest BCUT2D eigenvalue weighted by atomic mass is 9.88. The predicted molar refractivity (Wildman–Crippen MR) is 154 cm³/mol. The maximum absolute atomic E-state index is 11.0. The summed E-state index contributed by atoms with van der Waals surface area (Å²) >= 11 is 0. The molecule has 0 aromatic rings. The molecular weight excluding hydrogens is 590 g/mol. The Kier molecular flexibility index (Phi) is 21.7. The van der Waals surface area contributed by atoms with Gasteiger partial charge in [-0.1, -0.05) is 20.8 Å². The largest absolute Gasteiger partial charge is 0.480 e. The standard InChI is InChI=1S/C27H51N3O14/c1-4-27(17-42-14-20(31)7-28(5-2)6-3,18-43-15-21(32)8-29(10-23(34)35)11-24(36)37)19-44-16-22(33)9-30(12-25(38)39)13-26(40)41/h20-22,31-33H,4-19H2,1-3H3,(H,34,35)(H,36,37)(H,38,39)(H,40,41). The number of carboxylic acid groups (broad SMARTS) is 4. The number of aliphatic hydroxyl groups excluding tert-OH is 3. The van der Waals surface area contributed by atoms with Crippen LogP contribution in [0.1, 0.15) is 27.2 Å². The first-order valence-electron chi connectivity index (χ1n) is 14.5. The molecule has 0 saturated heterocycles. The van der Waals surface area contributed by atoms with Crippen molar-refractivity contribution in [3.05, 3.63) is 0 Å². The summed E-state index contributed by atoms with van der Waals surface area (Å²) in [5, 5.41) is 67.2. The third-order valence-electron chi connectivity index (χ3n) is 6.64. The van der Waals surface area contributed by atoms with Crippen molar-refractivity contribution in [1.29, 1.82) is 0 Å². The van der Waals surface area contributed by atoms with Crippen molar-refractivity contribution >= 4 is 23.9 Å². The van der Waals surface area contributed by atoms with Crippen molar-refractivity contribution in [2.45, 2.75) is 45.5 Å². The number of likely N-dealkylation sites (N-methyl/N-ethyl adjacent to an activating group) is 1. The number of aliphatic hydroxyl groups is 3. The SMILES string of the molecule is CCN(CC)CC(O)COCC(CC)(COCC(O)CN(CC(=O)O)CC(=O)O)COCC(O)CN(CC(=O)O)CC(=O)O. The fraction of sp³-hybridized carbons (Fsp3) is 0.852. The third kappa shape index (κ3) is 20.5. The highest BCUT2D eigenvalue weighted by atomic mass is 16.5. The zero-order valence-corrected chi connectivity index (χ0v) is 25.9. The Hall–Kier alpha value is -2.48. The minimum absolute atomic E-state index is 0.0160. The molecule has 0 aliphatic carbocycles. The van der Waals surface area contributed by atoms with Crippen LogP contribution in [0.25, 0.3) is 0 Å². The molecule has 3 atom stereocenters. The Morgan fingerprint density at radius 1 is 0.545 bits per heavy atom. The molecule has 0 rings (SSSR count). The van der Waals surface area contributed by atoms with Crippen LogP contribution in [0, 0.1) is 5.41 Å². The average Bonchev–Trinajstić information content (AvgIpc) is 2.89. The van der Waals surface area contributed by atoms with Crippen LogP contribution in [-0.4, -0.2) is 191 Å². The fourth-order valence-electron chi connectivity index (χ4n) is 4.33. The van der Waals surface area contributed by atoms with Gasteiger partial charge in [0.1, 0.15) is 0 Å². The molecule has 0 aliphatic heterocycles. The number of ether oxygens (including phenoxy) is 3. The molecule has 0 radical (unpaired) electrons. The Morgan fingerprint density at radius 2 is 0.818 bits per heavy atom. The molecule has 258 valence electrons. The zero-order valence-electron chi connectivity index (χ0n) is 25.9. The minimum atomic E-state index is -1.25. The van der Waals surface area contributed by atoms with Gasteiger partial charge in [-0.2, -0.15) is 0 Å². The van der Waals surface area contributed by atoms with Crippen LogP contribution < -0.4 is 0 Å². The van der Waals surface area contributed by atoms with Crippen LogP contribution in [-0.2, 0) is 33.4 Å². The van der Waals surface area contributed by atoms with E-state index in [1.807, 2.05) is 25.7 Å². The number of hydrogen-bond donors (Lipinski definition) is 7. The predicted octanol–water partition coefficient (Wildman–Crippen LogP) is -2.20. The van der Waals surface area contributed by atoms with Crippen molar-refractivity contribution in [3.8, 4) is 0 Å². The first-order valence-corrected chi connectivity index (χ1v) is 14.5. The first-order chi connectivity index (χ1) is 20.6. The molecule has 0 spiro atoms. The van der Waals surface area contributed by atoms with Gasteiger partial charge in [0.05, 0.1) is 84.1 Å². The summed E-state index contributed by atoms with van der Waals surface area (Å²) in [7, 11) is 0. The van der Waals surface area contributed by atoms with Gasteiger partial charge in [0.15, 0.2) is 0 Å². The maximum Gasteiger partial charge on any atom is 0.317 e. The summed E-state index contributed by atoms with van der Waals surface area (Å²) in [6.07, 6.45) is -2.76. The molecule has 3 unspecified atom stereocenters. The molecule has 0 fully saturated rings. The topological polar surface area (TPSA) is 247 Å². The molecule has 17 heteroatoms. The van der Waals surface area contributed by atoms with E-state index in [-0.39, 0.29) is 52.7 Å². The summed E-state index contributed by atoms with van der Waals surface area (Å²) in [6, 6.07) is 0. The lowest BCUT2D eigenvalue weighted by molar-refractivity contribution is -0.144. The Labute approximate surface area is 257 Å². The lowest BCUT2D eigenvalue weighted by Gasteiger charge is -2.33. The highest BCUT2D eigenvalue weighted by molar-refractivity contribution is 5.73. The van der Waals surface area contributed by atoms with Gasteiger partial charge in [-0.15, -0.1) is 0 Å². The molecule has 0 saturated carbocycles. The van der Waals surface area contributed by atoms with Crippen LogP contribution in [0.4, 0.5) is 0 Å². The summed E-state index contributed by atoms with van der Waals surface area (Å²) in [6.45, 7) is 4.33. The molecule has 17 nitrogen and oxygen atoms in total. The van der Waals surface area contributed by atoms with Gasteiger partial charge >= 0.3 is 23.9 Å². The van der Waals surface area contributed by atoms with E-state index in [1.54, 1.807) is 0 Å². The highest BCUT2D eigenvalue weighted by Gasteiger charge is 2.31. The van der Waals surface area contributed by atoms with E-state index in [2.05, 4.69) is 0 Å². The van der Waals surface area contributed by atoms with Gasteiger partial charge in [-0.25, -0.2) is 0 Å². The third-order valence-corrected chi connectivity index (χ3v) is 6.64. The van der Waals surface area contributed by atoms with Crippen LogP contribution in [0.5, 0.6) is 0 Å². The monoisotopic (exact) mass is 641 g/mol. The van der Waals surface area contributed by atoms with Crippen LogP contribution >= 0.6 is 0 Å². The van der Waals surface area contributed by atoms with Crippen molar-refractivity contribution in [2.24, 2.45) is 5.41 Å². The quantitative estimate of drug-likeness (QED) is 0.0458. The summed E-state index contributed by atoms with van der Waals surface area (Å²) in [5.41, 5.74) is -0.835. The van der Waals surface area contributed by atoms with Gasteiger partial charge in [-0.3, -0.25) is 29.0 Å². The molecule has 0 amide bonds. The number of aliphatic carboxylic acids is 4. The minimum Gasteiger partial charge on any atom is -0.480 e. The maximum atomic E-state index is 11.0. The van der Waals surface area contributed by atoms with Crippen molar-refractivity contribution in [2.75, 3.05) is 98.5 Å². The van der Waals surface area contributed by atoms with E-state index in [1.165, 1.54) is 0 Å². The average molecular weight is 642 g/mol. The van der Waals surface area contributed by atoms with Crippen LogP contribution in [0.3, 0.4) is 0 Å². The highest BCUT2D eigenvalue weighted by Crippen LogP contribution is 2.24. The molecular formula is C27H51N3O14. The number of nitrogens with zero attached hydrogens (tertiary/aromatic N) is 3. The Balaban J connectivity index is 5.33. The molecule has 0 bridgehead atoms. The number of carbonyl (C=O) groups is 4. The molecule has 0 heterocycles. The molecule has 7 N–H and O–H groups in total. The second-order valence-corrected chi connectivity index (χ2v) is 10.8. The van der Waals surface area contributed by atoms with E-state index in [9.17, 15) is 34.5 Å². The second-order valence-electron chi connectivity index (χ2n) is 10.8. The summed E-state index contributed by atoms with van der Waals surface area (Å²) in [4.78, 5) is 48.3. The number of hydrogen-bond acceptors (Lipinski definition) is 13. The van der Waals surface area contributed by atoms with E-state index in [0.29, 0.717) is 13.0 Å². The van der Waals surface area contributed by atoms with Crippen molar-refractivity contribution in [3.63, 3.8) is 0 Å². The molecule has 44 heavy (non-hydrogen) atoms. The normalized spacial score (nSPS) is 15.3. The lowest BCUT2D eigenvalue weighted by Crippen LogP contribution is -2.43. The van der Waals surface area contributed by atoms with E-state index in [0.717, 1.165) is 22.9 Å². The second kappa shape index (κ2) is 22.9.